The van der Waals surface area contributed by atoms with E-state index in [0.29, 0.717) is 11.1 Å². The zero-order valence-electron chi connectivity index (χ0n) is 20.9. The first-order chi connectivity index (χ1) is 16.7. The smallest absolute Gasteiger partial charge is 0.241 e. The summed E-state index contributed by atoms with van der Waals surface area (Å²) < 4.78 is 54.1. The van der Waals surface area contributed by atoms with Crippen LogP contribution in [0.15, 0.2) is 53.4 Å². The average Bonchev–Trinajstić information content (AvgIpc) is 2.82. The second kappa shape index (κ2) is 10.7. The van der Waals surface area contributed by atoms with Gasteiger partial charge in [0.1, 0.15) is 6.04 Å². The van der Waals surface area contributed by atoms with Gasteiger partial charge in [0.25, 0.3) is 0 Å². The SMILES string of the molecule is CC(C)(C)c1ccc(S(=O)(=O)NC(Cc2cccc(C#N)c2)C(=O)N2CCN(S(C)(=O)=O)CC2)cc1. The lowest BCUT2D eigenvalue weighted by molar-refractivity contribution is -0.134. The number of carbonyl (C=O) groups is 1. The topological polar surface area (TPSA) is 128 Å². The highest BCUT2D eigenvalue weighted by Gasteiger charge is 2.33. The number of nitrogens with one attached hydrogen (secondary N) is 1. The molecule has 1 amide bonds. The Labute approximate surface area is 213 Å². The van der Waals surface area contributed by atoms with Crippen LogP contribution in [0.1, 0.15) is 37.5 Å². The molecule has 1 saturated heterocycles. The summed E-state index contributed by atoms with van der Waals surface area (Å²) in [5.74, 6) is -0.444. The maximum atomic E-state index is 13.5. The molecule has 194 valence electrons. The lowest BCUT2D eigenvalue weighted by Crippen LogP contribution is -2.56. The van der Waals surface area contributed by atoms with Gasteiger partial charge in [0.05, 0.1) is 22.8 Å². The van der Waals surface area contributed by atoms with Gasteiger partial charge in [-0.05, 0) is 47.2 Å². The number of carbonyl (C=O) groups excluding carboxylic acids is 1. The van der Waals surface area contributed by atoms with Gasteiger partial charge in [0, 0.05) is 26.2 Å². The number of rotatable bonds is 7. The number of piperazine rings is 1. The molecule has 1 fully saturated rings. The zero-order chi connectivity index (χ0) is 26.7. The molecule has 0 saturated carbocycles. The average molecular weight is 533 g/mol. The molecule has 3 rings (SSSR count). The summed E-state index contributed by atoms with van der Waals surface area (Å²) in [6, 6.07) is 14.1. The molecule has 0 aromatic heterocycles. The predicted octanol–water partition coefficient (Wildman–Crippen LogP) is 1.85. The van der Waals surface area contributed by atoms with E-state index in [1.807, 2.05) is 26.8 Å². The van der Waals surface area contributed by atoms with Gasteiger partial charge in [0.15, 0.2) is 0 Å². The Bertz CT molecular complexity index is 1350. The standard InChI is InChI=1S/C25H32N4O5S2/c1-25(2,3)21-8-10-22(11-9-21)36(33,34)27-23(17-19-6-5-7-20(16-19)18-26)24(30)28-12-14-29(15-13-28)35(4,31)32/h5-11,16,23,27H,12-15,17H2,1-4H3. The second-order valence-corrected chi connectivity index (χ2v) is 13.6. The van der Waals surface area contributed by atoms with Crippen LogP contribution in [0.2, 0.25) is 0 Å². The van der Waals surface area contributed by atoms with Gasteiger partial charge in [0.2, 0.25) is 26.0 Å². The van der Waals surface area contributed by atoms with Crippen LogP contribution in [0, 0.1) is 11.3 Å². The van der Waals surface area contributed by atoms with Crippen molar-refractivity contribution in [3.8, 4) is 6.07 Å². The largest absolute Gasteiger partial charge is 0.339 e. The normalized spacial score (nSPS) is 16.4. The Balaban J connectivity index is 1.87. The van der Waals surface area contributed by atoms with Gasteiger partial charge in [-0.25, -0.2) is 16.8 Å². The number of nitrogens with zero attached hydrogens (tertiary/aromatic N) is 3. The molecule has 9 nitrogen and oxygen atoms in total. The maximum Gasteiger partial charge on any atom is 0.241 e. The number of hydrogen-bond donors (Lipinski definition) is 1. The summed E-state index contributed by atoms with van der Waals surface area (Å²) in [4.78, 5) is 15.0. The summed E-state index contributed by atoms with van der Waals surface area (Å²) in [6.07, 6.45) is 1.16. The molecular weight excluding hydrogens is 500 g/mol. The van der Waals surface area contributed by atoms with E-state index >= 15 is 0 Å². The number of sulfonamides is 2. The van der Waals surface area contributed by atoms with Crippen molar-refractivity contribution in [1.29, 1.82) is 5.26 Å². The minimum absolute atomic E-state index is 0.0416. The van der Waals surface area contributed by atoms with E-state index in [9.17, 15) is 26.9 Å². The summed E-state index contributed by atoms with van der Waals surface area (Å²) >= 11 is 0. The van der Waals surface area contributed by atoms with Crippen molar-refractivity contribution in [3.63, 3.8) is 0 Å². The third kappa shape index (κ3) is 6.91. The molecule has 1 aliphatic heterocycles. The minimum atomic E-state index is -4.04. The molecule has 1 unspecified atom stereocenters. The quantitative estimate of drug-likeness (QED) is 0.580. The third-order valence-corrected chi connectivity index (χ3v) is 8.93. The zero-order valence-corrected chi connectivity index (χ0v) is 22.6. The van der Waals surface area contributed by atoms with Gasteiger partial charge in [-0.2, -0.15) is 14.3 Å². The van der Waals surface area contributed by atoms with Gasteiger partial charge in [-0.15, -0.1) is 0 Å². The van der Waals surface area contributed by atoms with Crippen molar-refractivity contribution >= 4 is 26.0 Å². The van der Waals surface area contributed by atoms with Gasteiger partial charge in [-0.3, -0.25) is 4.79 Å². The van der Waals surface area contributed by atoms with Crippen molar-refractivity contribution < 1.29 is 21.6 Å². The van der Waals surface area contributed by atoms with Crippen LogP contribution in [0.3, 0.4) is 0 Å². The maximum absolute atomic E-state index is 13.5. The van der Waals surface area contributed by atoms with E-state index in [1.54, 1.807) is 36.4 Å². The summed E-state index contributed by atoms with van der Waals surface area (Å²) in [5, 5.41) is 9.22. The first-order valence-corrected chi connectivity index (χ1v) is 14.9. The lowest BCUT2D eigenvalue weighted by atomic mass is 9.87. The molecule has 0 bridgehead atoms. The van der Waals surface area contributed by atoms with Crippen molar-refractivity contribution in [2.75, 3.05) is 32.4 Å². The van der Waals surface area contributed by atoms with Crippen LogP contribution < -0.4 is 4.72 Å². The van der Waals surface area contributed by atoms with E-state index in [-0.39, 0.29) is 42.9 Å². The summed E-state index contributed by atoms with van der Waals surface area (Å²) in [6.45, 7) is 6.68. The predicted molar refractivity (Wildman–Crippen MR) is 137 cm³/mol. The van der Waals surface area contributed by atoms with E-state index in [2.05, 4.69) is 4.72 Å². The summed E-state index contributed by atoms with van der Waals surface area (Å²) in [5.41, 5.74) is 1.87. The van der Waals surface area contributed by atoms with E-state index in [1.165, 1.54) is 21.3 Å². The third-order valence-electron chi connectivity index (χ3n) is 6.14. The Morgan fingerprint density at radius 1 is 1.03 bits per heavy atom. The molecule has 1 atom stereocenters. The van der Waals surface area contributed by atoms with Gasteiger partial charge in [-0.1, -0.05) is 45.0 Å². The van der Waals surface area contributed by atoms with Crippen LogP contribution in [-0.2, 0) is 36.7 Å². The Morgan fingerprint density at radius 3 is 2.17 bits per heavy atom. The molecule has 36 heavy (non-hydrogen) atoms. The van der Waals surface area contributed by atoms with Crippen LogP contribution in [0.25, 0.3) is 0 Å². The number of hydrogen-bond acceptors (Lipinski definition) is 6. The van der Waals surface area contributed by atoms with Crippen LogP contribution in [0.5, 0.6) is 0 Å². The molecule has 0 radical (unpaired) electrons. The Hall–Kier alpha value is -2.78. The lowest BCUT2D eigenvalue weighted by Gasteiger charge is -2.35. The fraction of sp³-hybridized carbons (Fsp3) is 0.440. The molecule has 2 aromatic rings. The van der Waals surface area contributed by atoms with Crippen LogP contribution in [-0.4, -0.2) is 70.4 Å². The van der Waals surface area contributed by atoms with Crippen molar-refractivity contribution in [3.05, 3.63) is 65.2 Å². The van der Waals surface area contributed by atoms with Crippen molar-refractivity contribution in [2.45, 2.75) is 43.5 Å². The summed E-state index contributed by atoms with van der Waals surface area (Å²) in [7, 11) is -7.42. The van der Waals surface area contributed by atoms with Crippen molar-refractivity contribution in [1.82, 2.24) is 13.9 Å². The molecular formula is C25H32N4O5S2. The molecule has 1 N–H and O–H groups in total. The fourth-order valence-corrected chi connectivity index (χ4v) is 6.05. The van der Waals surface area contributed by atoms with E-state index in [4.69, 9.17) is 0 Å². The second-order valence-electron chi connectivity index (χ2n) is 9.95. The van der Waals surface area contributed by atoms with Crippen molar-refractivity contribution in [2.24, 2.45) is 0 Å². The van der Waals surface area contributed by atoms with E-state index < -0.39 is 32.0 Å². The van der Waals surface area contributed by atoms with Gasteiger partial charge < -0.3 is 4.90 Å². The number of amides is 1. The molecule has 2 aromatic carbocycles. The molecule has 11 heteroatoms. The van der Waals surface area contributed by atoms with E-state index in [0.717, 1.165) is 11.8 Å². The monoisotopic (exact) mass is 532 g/mol. The highest BCUT2D eigenvalue weighted by atomic mass is 32.2. The van der Waals surface area contributed by atoms with Crippen LogP contribution in [0.4, 0.5) is 0 Å². The highest BCUT2D eigenvalue weighted by molar-refractivity contribution is 7.89. The first-order valence-electron chi connectivity index (χ1n) is 11.6. The molecule has 0 spiro atoms. The molecule has 0 aliphatic carbocycles. The Morgan fingerprint density at radius 2 is 1.64 bits per heavy atom. The Kier molecular flexibility index (Phi) is 8.25. The number of benzene rings is 2. The molecule has 1 aliphatic rings. The van der Waals surface area contributed by atoms with Crippen LogP contribution >= 0.6 is 0 Å². The first kappa shape index (κ1) is 27.8. The van der Waals surface area contributed by atoms with Gasteiger partial charge >= 0.3 is 0 Å². The fourth-order valence-electron chi connectivity index (χ4n) is 4.03. The highest BCUT2D eigenvalue weighted by Crippen LogP contribution is 2.24. The molecule has 1 heterocycles. The minimum Gasteiger partial charge on any atom is -0.339 e. The number of nitriles is 1.